The molecule has 2 aliphatic carbocycles. The van der Waals surface area contributed by atoms with Crippen molar-refractivity contribution in [1.82, 2.24) is 4.98 Å². The molecule has 18 heavy (non-hydrogen) atoms. The summed E-state index contributed by atoms with van der Waals surface area (Å²) >= 11 is 0. The molecule has 0 aliphatic heterocycles. The van der Waals surface area contributed by atoms with Crippen molar-refractivity contribution < 1.29 is 4.42 Å². The maximum atomic E-state index is 6.35. The van der Waals surface area contributed by atoms with Crippen LogP contribution >= 0.6 is 0 Å². The monoisotopic (exact) mass is 242 g/mol. The molecule has 2 bridgehead atoms. The van der Waals surface area contributed by atoms with Crippen molar-refractivity contribution in [2.24, 2.45) is 17.6 Å². The zero-order valence-corrected chi connectivity index (χ0v) is 10.6. The van der Waals surface area contributed by atoms with Crippen LogP contribution in [0.2, 0.25) is 0 Å². The number of fused-ring (bicyclic) bond motifs is 3. The van der Waals surface area contributed by atoms with E-state index in [1.165, 1.54) is 24.8 Å². The highest BCUT2D eigenvalue weighted by Crippen LogP contribution is 2.52. The first-order valence-electron chi connectivity index (χ1n) is 6.85. The molecule has 4 atom stereocenters. The first kappa shape index (κ1) is 10.6. The molecule has 0 spiro atoms. The summed E-state index contributed by atoms with van der Waals surface area (Å²) < 4.78 is 5.94. The molecule has 1 aromatic heterocycles. The van der Waals surface area contributed by atoms with Crippen molar-refractivity contribution >= 4 is 11.1 Å². The molecule has 94 valence electrons. The van der Waals surface area contributed by atoms with E-state index < -0.39 is 0 Å². The summed E-state index contributed by atoms with van der Waals surface area (Å²) in [6, 6.07) is 6.41. The van der Waals surface area contributed by atoms with Gasteiger partial charge in [0.2, 0.25) is 0 Å². The predicted octanol–water partition coefficient (Wildman–Crippen LogP) is 2.98. The lowest BCUT2D eigenvalue weighted by Crippen LogP contribution is -2.34. The molecular weight excluding hydrogens is 224 g/mol. The molecule has 3 heteroatoms. The third-order valence-corrected chi connectivity index (χ3v) is 4.83. The molecule has 0 amide bonds. The zero-order valence-electron chi connectivity index (χ0n) is 10.6. The maximum Gasteiger partial charge on any atom is 0.200 e. The maximum absolute atomic E-state index is 6.35. The van der Waals surface area contributed by atoms with Gasteiger partial charge < -0.3 is 10.2 Å². The standard InChI is InChI=1S/C15H18N2O/c1-8-2-5-12-11(6-8)17-15(18-12)13-9-3-4-10(7-9)14(13)16/h2,5-6,9-10,13-14H,3-4,7,16H2,1H3. The molecule has 1 aromatic carbocycles. The molecule has 4 rings (SSSR count). The summed E-state index contributed by atoms with van der Waals surface area (Å²) in [5, 5.41) is 0. The van der Waals surface area contributed by atoms with Gasteiger partial charge in [-0.2, -0.15) is 0 Å². The fourth-order valence-corrected chi connectivity index (χ4v) is 3.90. The van der Waals surface area contributed by atoms with E-state index in [0.717, 1.165) is 17.0 Å². The van der Waals surface area contributed by atoms with Crippen LogP contribution in [0.3, 0.4) is 0 Å². The number of nitrogens with two attached hydrogens (primary N) is 1. The number of hydrogen-bond donors (Lipinski definition) is 1. The van der Waals surface area contributed by atoms with E-state index >= 15 is 0 Å². The Kier molecular flexibility index (Phi) is 2.10. The van der Waals surface area contributed by atoms with Crippen LogP contribution in [-0.2, 0) is 0 Å². The highest BCUT2D eigenvalue weighted by molar-refractivity contribution is 5.73. The molecular formula is C15H18N2O. The van der Waals surface area contributed by atoms with Crippen molar-refractivity contribution in [3.05, 3.63) is 29.7 Å². The van der Waals surface area contributed by atoms with Gasteiger partial charge in [-0.3, -0.25) is 0 Å². The number of hydrogen-bond acceptors (Lipinski definition) is 3. The largest absolute Gasteiger partial charge is 0.440 e. The number of aryl methyl sites for hydroxylation is 1. The van der Waals surface area contributed by atoms with E-state index in [1.54, 1.807) is 0 Å². The second-order valence-electron chi connectivity index (χ2n) is 5.96. The van der Waals surface area contributed by atoms with Crippen LogP contribution < -0.4 is 5.73 Å². The van der Waals surface area contributed by atoms with E-state index in [-0.39, 0.29) is 6.04 Å². The van der Waals surface area contributed by atoms with Crippen LogP contribution in [0.5, 0.6) is 0 Å². The predicted molar refractivity (Wildman–Crippen MR) is 70.3 cm³/mol. The van der Waals surface area contributed by atoms with Gasteiger partial charge in [0.05, 0.1) is 5.92 Å². The van der Waals surface area contributed by atoms with E-state index in [9.17, 15) is 0 Å². The van der Waals surface area contributed by atoms with Gasteiger partial charge in [-0.05, 0) is 55.7 Å². The summed E-state index contributed by atoms with van der Waals surface area (Å²) in [5.74, 6) is 2.60. The second kappa shape index (κ2) is 3.58. The number of oxazole rings is 1. The zero-order chi connectivity index (χ0) is 12.3. The molecule has 2 saturated carbocycles. The molecule has 2 aromatic rings. The van der Waals surface area contributed by atoms with Crippen molar-refractivity contribution in [1.29, 1.82) is 0 Å². The van der Waals surface area contributed by atoms with Crippen LogP contribution in [0, 0.1) is 18.8 Å². The van der Waals surface area contributed by atoms with Crippen molar-refractivity contribution in [3.63, 3.8) is 0 Å². The van der Waals surface area contributed by atoms with E-state index in [0.29, 0.717) is 17.8 Å². The number of nitrogens with zero attached hydrogens (tertiary/aromatic N) is 1. The Hall–Kier alpha value is -1.35. The summed E-state index contributed by atoms with van der Waals surface area (Å²) in [6.45, 7) is 2.08. The summed E-state index contributed by atoms with van der Waals surface area (Å²) in [7, 11) is 0. The molecule has 0 radical (unpaired) electrons. The Morgan fingerprint density at radius 2 is 2.11 bits per heavy atom. The topological polar surface area (TPSA) is 52.0 Å². The van der Waals surface area contributed by atoms with Crippen LogP contribution in [-0.4, -0.2) is 11.0 Å². The highest BCUT2D eigenvalue weighted by atomic mass is 16.3. The van der Waals surface area contributed by atoms with Gasteiger partial charge in [0.25, 0.3) is 0 Å². The molecule has 1 heterocycles. The minimum atomic E-state index is 0.248. The van der Waals surface area contributed by atoms with Crippen LogP contribution in [0.15, 0.2) is 22.6 Å². The Morgan fingerprint density at radius 3 is 2.89 bits per heavy atom. The quantitative estimate of drug-likeness (QED) is 0.836. The van der Waals surface area contributed by atoms with Crippen molar-refractivity contribution in [3.8, 4) is 0 Å². The molecule has 4 unspecified atom stereocenters. The van der Waals surface area contributed by atoms with E-state index in [4.69, 9.17) is 10.2 Å². The number of aromatic nitrogens is 1. The molecule has 0 saturated heterocycles. The van der Waals surface area contributed by atoms with Gasteiger partial charge in [0, 0.05) is 6.04 Å². The Morgan fingerprint density at radius 1 is 1.28 bits per heavy atom. The van der Waals surface area contributed by atoms with Gasteiger partial charge in [0.1, 0.15) is 5.52 Å². The summed E-state index contributed by atoms with van der Waals surface area (Å²) in [6.07, 6.45) is 3.85. The summed E-state index contributed by atoms with van der Waals surface area (Å²) in [5.41, 5.74) is 9.44. The van der Waals surface area contributed by atoms with Crippen molar-refractivity contribution in [2.75, 3.05) is 0 Å². The fourth-order valence-electron chi connectivity index (χ4n) is 3.90. The van der Waals surface area contributed by atoms with E-state index in [2.05, 4.69) is 24.0 Å². The van der Waals surface area contributed by atoms with Crippen LogP contribution in [0.25, 0.3) is 11.1 Å². The Labute approximate surface area is 106 Å². The fraction of sp³-hybridized carbons (Fsp3) is 0.533. The van der Waals surface area contributed by atoms with Gasteiger partial charge >= 0.3 is 0 Å². The van der Waals surface area contributed by atoms with Gasteiger partial charge in [-0.1, -0.05) is 6.07 Å². The summed E-state index contributed by atoms with van der Waals surface area (Å²) in [4.78, 5) is 4.68. The van der Waals surface area contributed by atoms with Crippen LogP contribution in [0.4, 0.5) is 0 Å². The average molecular weight is 242 g/mol. The van der Waals surface area contributed by atoms with Gasteiger partial charge in [-0.15, -0.1) is 0 Å². The molecule has 2 fully saturated rings. The lowest BCUT2D eigenvalue weighted by Gasteiger charge is -2.25. The Balaban J connectivity index is 1.78. The third-order valence-electron chi connectivity index (χ3n) is 4.83. The number of benzene rings is 1. The smallest absolute Gasteiger partial charge is 0.200 e. The Bertz CT molecular complexity index is 602. The lowest BCUT2D eigenvalue weighted by atomic mass is 9.85. The normalized spacial score (nSPS) is 34.6. The first-order chi connectivity index (χ1) is 8.72. The SMILES string of the molecule is Cc1ccc2oc(C3C4CCC(C4)C3N)nc2c1. The molecule has 2 N–H and O–H groups in total. The second-order valence-corrected chi connectivity index (χ2v) is 5.96. The average Bonchev–Trinajstić information content (AvgIpc) is 3.00. The molecule has 2 aliphatic rings. The highest BCUT2D eigenvalue weighted by Gasteiger charge is 2.48. The first-order valence-corrected chi connectivity index (χ1v) is 6.85. The van der Waals surface area contributed by atoms with Crippen molar-refractivity contribution in [2.45, 2.75) is 38.1 Å². The minimum Gasteiger partial charge on any atom is -0.440 e. The van der Waals surface area contributed by atoms with E-state index in [1.807, 2.05) is 6.07 Å². The van der Waals surface area contributed by atoms with Gasteiger partial charge in [-0.25, -0.2) is 4.98 Å². The van der Waals surface area contributed by atoms with Crippen LogP contribution in [0.1, 0.15) is 36.6 Å². The number of rotatable bonds is 1. The lowest BCUT2D eigenvalue weighted by molar-refractivity contribution is 0.317. The molecule has 3 nitrogen and oxygen atoms in total. The van der Waals surface area contributed by atoms with Gasteiger partial charge in [0.15, 0.2) is 11.5 Å². The third kappa shape index (κ3) is 1.37. The minimum absolute atomic E-state index is 0.248.